The van der Waals surface area contributed by atoms with Crippen LogP contribution in [0.25, 0.3) is 0 Å². The lowest BCUT2D eigenvalue weighted by Gasteiger charge is -2.44. The van der Waals surface area contributed by atoms with Crippen LogP contribution < -0.4 is 11.2 Å². The van der Waals surface area contributed by atoms with E-state index in [-0.39, 0.29) is 29.0 Å². The van der Waals surface area contributed by atoms with Crippen LogP contribution in [0.15, 0.2) is 15.8 Å². The maximum Gasteiger partial charge on any atom is 0.330 e. The third kappa shape index (κ3) is 5.90. The third-order valence-electron chi connectivity index (χ3n) is 7.56. The molecular formula is C22H40ClFN2O5Si2. The molecule has 2 rings (SSSR count). The van der Waals surface area contributed by atoms with E-state index in [0.717, 1.165) is 10.8 Å². The highest BCUT2D eigenvalue weighted by Gasteiger charge is 2.54. The molecular weight excluding hydrogens is 483 g/mol. The van der Waals surface area contributed by atoms with Crippen LogP contribution in [0.4, 0.5) is 4.39 Å². The average Bonchev–Trinajstić information content (AvgIpc) is 2.99. The molecule has 0 radical (unpaired) electrons. The summed E-state index contributed by atoms with van der Waals surface area (Å²) in [5.74, 6) is -0.973. The van der Waals surface area contributed by atoms with Gasteiger partial charge in [0.15, 0.2) is 16.6 Å². The van der Waals surface area contributed by atoms with Gasteiger partial charge in [0.1, 0.15) is 11.8 Å². The van der Waals surface area contributed by atoms with Gasteiger partial charge in [-0.15, -0.1) is 11.6 Å². The summed E-state index contributed by atoms with van der Waals surface area (Å²) in [6.45, 7) is 21.6. The van der Waals surface area contributed by atoms with E-state index < -0.39 is 51.6 Å². The lowest BCUT2D eigenvalue weighted by Crippen LogP contribution is -2.55. The van der Waals surface area contributed by atoms with E-state index in [9.17, 15) is 14.0 Å². The number of halogens is 2. The number of H-pyrrole nitrogens is 1. The highest BCUT2D eigenvalue weighted by Crippen LogP contribution is 2.46. The highest BCUT2D eigenvalue weighted by atomic mass is 35.5. The van der Waals surface area contributed by atoms with Gasteiger partial charge < -0.3 is 13.6 Å². The van der Waals surface area contributed by atoms with E-state index in [1.807, 2.05) is 4.98 Å². The standard InChI is InChI=1S/C22H40ClFN2O5Si2/c1-20(2,3)32(7,8)29-14-22(13-23)16(31-33(9,10)21(4,5)6)11-17(30-22)26-12-15(24)18(27)25-19(26)28/h12,16-17H,11,13-14H2,1-10H3,(H,25,27,28)/t16?,17-,22-/m1/s1. The molecule has 7 nitrogen and oxygen atoms in total. The number of rotatable bonds is 7. The molecule has 0 bridgehead atoms. The molecule has 0 spiro atoms. The molecule has 1 aromatic heterocycles. The number of nitrogens with one attached hydrogen (secondary N) is 1. The predicted molar refractivity (Wildman–Crippen MR) is 135 cm³/mol. The lowest BCUT2D eigenvalue weighted by atomic mass is 10.0. The second kappa shape index (κ2) is 9.35. The molecule has 2 heterocycles. The fraction of sp³-hybridized carbons (Fsp3) is 0.818. The van der Waals surface area contributed by atoms with Gasteiger partial charge in [0.25, 0.3) is 5.56 Å². The van der Waals surface area contributed by atoms with Gasteiger partial charge in [0.05, 0.1) is 24.8 Å². The van der Waals surface area contributed by atoms with Crippen molar-refractivity contribution in [1.29, 1.82) is 0 Å². The molecule has 1 aliphatic rings. The van der Waals surface area contributed by atoms with E-state index >= 15 is 0 Å². The normalized spacial score (nSPS) is 25.0. The van der Waals surface area contributed by atoms with Crippen molar-refractivity contribution in [2.45, 2.75) is 102 Å². The van der Waals surface area contributed by atoms with Gasteiger partial charge in [-0.1, -0.05) is 41.5 Å². The van der Waals surface area contributed by atoms with Crippen LogP contribution in [-0.2, 0) is 13.6 Å². The Morgan fingerprint density at radius 2 is 1.70 bits per heavy atom. The Balaban J connectivity index is 2.49. The minimum Gasteiger partial charge on any atom is -0.414 e. The predicted octanol–water partition coefficient (Wildman–Crippen LogP) is 4.98. The lowest BCUT2D eigenvalue weighted by molar-refractivity contribution is -0.109. The summed E-state index contributed by atoms with van der Waals surface area (Å²) in [5.41, 5.74) is -2.83. The van der Waals surface area contributed by atoms with Crippen LogP contribution in [0.3, 0.4) is 0 Å². The van der Waals surface area contributed by atoms with Crippen molar-refractivity contribution in [3.63, 3.8) is 0 Å². The molecule has 3 atom stereocenters. The van der Waals surface area contributed by atoms with Crippen molar-refractivity contribution in [2.24, 2.45) is 0 Å². The summed E-state index contributed by atoms with van der Waals surface area (Å²) < 4.78 is 34.7. The molecule has 1 saturated heterocycles. The molecule has 0 amide bonds. The molecule has 1 aliphatic heterocycles. The molecule has 11 heteroatoms. The Hall–Kier alpha value is -0.786. The Morgan fingerprint density at radius 1 is 1.15 bits per heavy atom. The summed E-state index contributed by atoms with van der Waals surface area (Å²) in [6.07, 6.45) is -0.146. The van der Waals surface area contributed by atoms with Crippen molar-refractivity contribution in [3.8, 4) is 0 Å². The Kier molecular flexibility index (Phi) is 8.06. The monoisotopic (exact) mass is 522 g/mol. The van der Waals surface area contributed by atoms with Gasteiger partial charge in [-0.05, 0) is 36.3 Å². The van der Waals surface area contributed by atoms with Gasteiger partial charge >= 0.3 is 5.69 Å². The molecule has 1 N–H and O–H groups in total. The van der Waals surface area contributed by atoms with Gasteiger partial charge in [-0.2, -0.15) is 4.39 Å². The van der Waals surface area contributed by atoms with Gasteiger partial charge in [-0.25, -0.2) is 4.79 Å². The van der Waals surface area contributed by atoms with E-state index in [0.29, 0.717) is 0 Å². The van der Waals surface area contributed by atoms with E-state index in [1.165, 1.54) is 0 Å². The molecule has 0 aliphatic carbocycles. The number of hydrogen-bond donors (Lipinski definition) is 1. The van der Waals surface area contributed by atoms with Crippen molar-refractivity contribution >= 4 is 28.2 Å². The Bertz CT molecular complexity index is 967. The number of nitrogens with zero attached hydrogens (tertiary/aromatic N) is 1. The summed E-state index contributed by atoms with van der Waals surface area (Å²) >= 11 is 6.52. The van der Waals surface area contributed by atoms with Crippen molar-refractivity contribution in [3.05, 3.63) is 32.9 Å². The minimum atomic E-state index is -2.25. The van der Waals surface area contributed by atoms with E-state index in [1.54, 1.807) is 0 Å². The SMILES string of the molecule is CC(C)(C)[Si](C)(C)OC[C@@]1(CCl)O[C@@H](n2cc(F)c(=O)[nH]c2=O)CC1O[Si](C)(C)C(C)(C)C. The molecule has 1 unspecified atom stereocenters. The zero-order valence-electron chi connectivity index (χ0n) is 21.6. The van der Waals surface area contributed by atoms with E-state index in [4.69, 9.17) is 25.2 Å². The molecule has 1 fully saturated rings. The summed E-state index contributed by atoms with van der Waals surface area (Å²) in [7, 11) is -4.40. The summed E-state index contributed by atoms with van der Waals surface area (Å²) in [4.78, 5) is 26.0. The summed E-state index contributed by atoms with van der Waals surface area (Å²) in [6, 6.07) is 0. The topological polar surface area (TPSA) is 82.5 Å². The van der Waals surface area contributed by atoms with Crippen LogP contribution >= 0.6 is 11.6 Å². The first kappa shape index (κ1) is 28.5. The third-order valence-corrected chi connectivity index (χ3v) is 17.0. The quantitative estimate of drug-likeness (QED) is 0.403. The first-order valence-corrected chi connectivity index (χ1v) is 17.7. The maximum absolute atomic E-state index is 14.0. The smallest absolute Gasteiger partial charge is 0.330 e. The zero-order valence-corrected chi connectivity index (χ0v) is 24.4. The minimum absolute atomic E-state index is 0.0206. The Morgan fingerprint density at radius 3 is 2.18 bits per heavy atom. The molecule has 1 aromatic rings. The molecule has 190 valence electrons. The summed E-state index contributed by atoms with van der Waals surface area (Å²) in [5, 5.41) is -0.0857. The van der Waals surface area contributed by atoms with Crippen molar-refractivity contribution < 1.29 is 18.0 Å². The molecule has 33 heavy (non-hydrogen) atoms. The Labute approximate surface area is 203 Å². The molecule has 0 saturated carbocycles. The zero-order chi connectivity index (χ0) is 25.6. The van der Waals surface area contributed by atoms with Crippen LogP contribution in [0.1, 0.15) is 54.2 Å². The largest absolute Gasteiger partial charge is 0.414 e. The average molecular weight is 523 g/mol. The van der Waals surface area contributed by atoms with Gasteiger partial charge in [-0.3, -0.25) is 14.3 Å². The fourth-order valence-electron chi connectivity index (χ4n) is 3.13. The van der Waals surface area contributed by atoms with Crippen LogP contribution in [0, 0.1) is 5.82 Å². The number of hydrogen-bond acceptors (Lipinski definition) is 5. The first-order chi connectivity index (χ1) is 14.8. The van der Waals surface area contributed by atoms with Gasteiger partial charge in [0.2, 0.25) is 5.82 Å². The number of ether oxygens (including phenoxy) is 1. The maximum atomic E-state index is 14.0. The van der Waals surface area contributed by atoms with Crippen LogP contribution in [0.5, 0.6) is 0 Å². The number of alkyl halides is 1. The second-order valence-corrected chi connectivity index (χ2v) is 21.9. The van der Waals surface area contributed by atoms with E-state index in [2.05, 4.69) is 67.7 Å². The van der Waals surface area contributed by atoms with Crippen LogP contribution in [0.2, 0.25) is 36.3 Å². The van der Waals surface area contributed by atoms with Crippen molar-refractivity contribution in [1.82, 2.24) is 9.55 Å². The second-order valence-electron chi connectivity index (χ2n) is 12.1. The van der Waals surface area contributed by atoms with Crippen molar-refractivity contribution in [2.75, 3.05) is 12.5 Å². The first-order valence-electron chi connectivity index (χ1n) is 11.3. The molecule has 0 aromatic carbocycles. The number of aromatic amines is 1. The highest BCUT2D eigenvalue weighted by molar-refractivity contribution is 6.74. The van der Waals surface area contributed by atoms with Crippen LogP contribution in [-0.4, -0.2) is 50.4 Å². The number of aromatic nitrogens is 2. The van der Waals surface area contributed by atoms with Gasteiger partial charge in [0, 0.05) is 6.42 Å². The fourth-order valence-corrected chi connectivity index (χ4v) is 5.85.